The maximum Gasteiger partial charge on any atom is 0.276 e. The summed E-state index contributed by atoms with van der Waals surface area (Å²) in [6.07, 6.45) is 0. The van der Waals surface area contributed by atoms with Crippen molar-refractivity contribution < 1.29 is 18.7 Å². The molecule has 0 unspecified atom stereocenters. The number of benzene rings is 2. The molecule has 0 radical (unpaired) electrons. The lowest BCUT2D eigenvalue weighted by Crippen LogP contribution is -2.44. The standard InChI is InChI=1S/C16H14ClFN2O3S/c17-11-1-7-14(8-2-11)24-10-16(22)20-19-15(21)9-23-13-5-3-12(18)4-6-13/h1-8H,9-10H2,(H,19,21)(H,20,22). The lowest BCUT2D eigenvalue weighted by atomic mass is 10.3. The Hall–Kier alpha value is -2.25. The summed E-state index contributed by atoms with van der Waals surface area (Å²) in [6, 6.07) is 12.3. The van der Waals surface area contributed by atoms with Gasteiger partial charge in [0.15, 0.2) is 6.61 Å². The summed E-state index contributed by atoms with van der Waals surface area (Å²) in [5.74, 6) is -0.775. The molecule has 24 heavy (non-hydrogen) atoms. The van der Waals surface area contributed by atoms with Gasteiger partial charge in [0.05, 0.1) is 5.75 Å². The number of amides is 2. The quantitative estimate of drug-likeness (QED) is 0.607. The highest BCUT2D eigenvalue weighted by Crippen LogP contribution is 2.19. The number of rotatable bonds is 6. The first kappa shape index (κ1) is 18.1. The van der Waals surface area contributed by atoms with Gasteiger partial charge in [-0.1, -0.05) is 11.6 Å². The van der Waals surface area contributed by atoms with E-state index in [9.17, 15) is 14.0 Å². The first-order valence-corrected chi connectivity index (χ1v) is 8.24. The van der Waals surface area contributed by atoms with Crippen molar-refractivity contribution in [1.82, 2.24) is 10.9 Å². The summed E-state index contributed by atoms with van der Waals surface area (Å²) in [6.45, 7) is -0.295. The summed E-state index contributed by atoms with van der Waals surface area (Å²) in [4.78, 5) is 24.1. The van der Waals surface area contributed by atoms with Gasteiger partial charge in [-0.3, -0.25) is 20.4 Å². The third kappa shape index (κ3) is 6.47. The Morgan fingerprint density at radius 3 is 2.29 bits per heavy atom. The van der Waals surface area contributed by atoms with Crippen LogP contribution in [0.1, 0.15) is 0 Å². The van der Waals surface area contributed by atoms with Crippen molar-refractivity contribution in [3.63, 3.8) is 0 Å². The molecule has 0 aromatic heterocycles. The second-order valence-electron chi connectivity index (χ2n) is 4.58. The molecule has 2 rings (SSSR count). The third-order valence-electron chi connectivity index (χ3n) is 2.71. The molecule has 8 heteroatoms. The van der Waals surface area contributed by atoms with Crippen LogP contribution in [0.4, 0.5) is 4.39 Å². The Bertz CT molecular complexity index is 634. The van der Waals surface area contributed by atoms with E-state index in [1.54, 1.807) is 24.3 Å². The number of nitrogens with one attached hydrogen (secondary N) is 2. The topological polar surface area (TPSA) is 67.4 Å². The molecule has 5 nitrogen and oxygen atoms in total. The molecule has 0 bridgehead atoms. The average Bonchev–Trinajstić information content (AvgIpc) is 2.59. The van der Waals surface area contributed by atoms with Crippen LogP contribution in [-0.4, -0.2) is 24.2 Å². The highest BCUT2D eigenvalue weighted by Gasteiger charge is 2.06. The molecule has 2 N–H and O–H groups in total. The highest BCUT2D eigenvalue weighted by molar-refractivity contribution is 8.00. The van der Waals surface area contributed by atoms with Crippen LogP contribution >= 0.6 is 23.4 Å². The van der Waals surface area contributed by atoms with E-state index in [0.29, 0.717) is 10.8 Å². The molecule has 0 saturated carbocycles. The smallest absolute Gasteiger partial charge is 0.276 e. The van der Waals surface area contributed by atoms with Crippen molar-refractivity contribution in [3.8, 4) is 5.75 Å². The number of hydrazine groups is 1. The fraction of sp³-hybridized carbons (Fsp3) is 0.125. The van der Waals surface area contributed by atoms with E-state index < -0.39 is 11.7 Å². The minimum absolute atomic E-state index is 0.140. The minimum Gasteiger partial charge on any atom is -0.484 e. The van der Waals surface area contributed by atoms with Gasteiger partial charge >= 0.3 is 0 Å². The number of hydrogen-bond donors (Lipinski definition) is 2. The van der Waals surface area contributed by atoms with E-state index in [0.717, 1.165) is 4.90 Å². The maximum absolute atomic E-state index is 12.7. The molecule has 0 spiro atoms. The number of ether oxygens (including phenoxy) is 1. The summed E-state index contributed by atoms with van der Waals surface area (Å²) >= 11 is 7.09. The number of halogens is 2. The Balaban J connectivity index is 1.64. The first-order valence-electron chi connectivity index (χ1n) is 6.87. The van der Waals surface area contributed by atoms with Crippen molar-refractivity contribution in [2.75, 3.05) is 12.4 Å². The Labute approximate surface area is 147 Å². The third-order valence-corrected chi connectivity index (χ3v) is 3.97. The van der Waals surface area contributed by atoms with E-state index >= 15 is 0 Å². The second-order valence-corrected chi connectivity index (χ2v) is 6.07. The number of carbonyl (C=O) groups excluding carboxylic acids is 2. The van der Waals surface area contributed by atoms with Crippen LogP contribution in [0, 0.1) is 5.82 Å². The molecule has 0 aliphatic heterocycles. The molecule has 0 aliphatic carbocycles. The van der Waals surface area contributed by atoms with Gasteiger partial charge < -0.3 is 4.74 Å². The van der Waals surface area contributed by atoms with Crippen LogP contribution in [-0.2, 0) is 9.59 Å². The lowest BCUT2D eigenvalue weighted by Gasteiger charge is -2.08. The molecule has 0 heterocycles. The van der Waals surface area contributed by atoms with E-state index in [-0.39, 0.29) is 18.3 Å². The van der Waals surface area contributed by atoms with Crippen molar-refractivity contribution in [3.05, 3.63) is 59.4 Å². The number of carbonyl (C=O) groups is 2. The molecule has 0 fully saturated rings. The van der Waals surface area contributed by atoms with E-state index in [4.69, 9.17) is 16.3 Å². The predicted octanol–water partition coefficient (Wildman–Crippen LogP) is 2.80. The highest BCUT2D eigenvalue weighted by atomic mass is 35.5. The van der Waals surface area contributed by atoms with Crippen molar-refractivity contribution >= 4 is 35.2 Å². The second kappa shape index (κ2) is 9.14. The zero-order chi connectivity index (χ0) is 17.4. The molecular formula is C16H14ClFN2O3S. The van der Waals surface area contributed by atoms with Gasteiger partial charge in [0.1, 0.15) is 11.6 Å². The number of thioether (sulfide) groups is 1. The molecular weight excluding hydrogens is 355 g/mol. The molecule has 0 saturated heterocycles. The van der Waals surface area contributed by atoms with Crippen LogP contribution in [0.15, 0.2) is 53.4 Å². The Kier molecular flexibility index (Phi) is 6.89. The minimum atomic E-state index is -0.524. The average molecular weight is 369 g/mol. The van der Waals surface area contributed by atoms with Gasteiger partial charge in [-0.15, -0.1) is 11.8 Å². The predicted molar refractivity (Wildman–Crippen MR) is 90.4 cm³/mol. The Morgan fingerprint density at radius 2 is 1.62 bits per heavy atom. The van der Waals surface area contributed by atoms with Gasteiger partial charge in [-0.25, -0.2) is 4.39 Å². The number of hydrogen-bond acceptors (Lipinski definition) is 4. The van der Waals surface area contributed by atoms with Gasteiger partial charge in [0, 0.05) is 9.92 Å². The monoisotopic (exact) mass is 368 g/mol. The zero-order valence-corrected chi connectivity index (χ0v) is 14.0. The molecule has 0 atom stereocenters. The maximum atomic E-state index is 12.7. The molecule has 2 aromatic rings. The Morgan fingerprint density at radius 1 is 1.00 bits per heavy atom. The van der Waals surface area contributed by atoms with Crippen molar-refractivity contribution in [2.24, 2.45) is 0 Å². The fourth-order valence-corrected chi connectivity index (χ4v) is 2.40. The van der Waals surface area contributed by atoms with Gasteiger partial charge in [0.25, 0.3) is 5.91 Å². The summed E-state index contributed by atoms with van der Waals surface area (Å²) in [7, 11) is 0. The SMILES string of the molecule is O=C(COc1ccc(F)cc1)NNC(=O)CSc1ccc(Cl)cc1. The first-order chi connectivity index (χ1) is 11.5. The normalized spacial score (nSPS) is 10.1. The molecule has 126 valence electrons. The van der Waals surface area contributed by atoms with Crippen molar-refractivity contribution in [2.45, 2.75) is 4.90 Å². The molecule has 2 aromatic carbocycles. The summed E-state index contributed by atoms with van der Waals surface area (Å²) in [5.41, 5.74) is 4.52. The van der Waals surface area contributed by atoms with E-state index in [1.807, 2.05) is 0 Å². The van der Waals surface area contributed by atoms with Gasteiger partial charge in [0.2, 0.25) is 5.91 Å². The van der Waals surface area contributed by atoms with E-state index in [2.05, 4.69) is 10.9 Å². The fourth-order valence-electron chi connectivity index (χ4n) is 1.57. The van der Waals surface area contributed by atoms with Crippen LogP contribution in [0.3, 0.4) is 0 Å². The van der Waals surface area contributed by atoms with Crippen LogP contribution < -0.4 is 15.6 Å². The summed E-state index contributed by atoms with van der Waals surface area (Å²) < 4.78 is 17.9. The van der Waals surface area contributed by atoms with Gasteiger partial charge in [-0.2, -0.15) is 0 Å². The van der Waals surface area contributed by atoms with Crippen LogP contribution in [0.25, 0.3) is 0 Å². The zero-order valence-electron chi connectivity index (χ0n) is 12.4. The largest absolute Gasteiger partial charge is 0.484 e. The van der Waals surface area contributed by atoms with Gasteiger partial charge in [-0.05, 0) is 48.5 Å². The van der Waals surface area contributed by atoms with Crippen molar-refractivity contribution in [1.29, 1.82) is 0 Å². The molecule has 0 aliphatic rings. The molecule has 2 amide bonds. The summed E-state index contributed by atoms with van der Waals surface area (Å²) in [5, 5.41) is 0.622. The van der Waals surface area contributed by atoms with Crippen LogP contribution in [0.2, 0.25) is 5.02 Å². The lowest BCUT2D eigenvalue weighted by molar-refractivity contribution is -0.128. The van der Waals surface area contributed by atoms with E-state index in [1.165, 1.54) is 36.0 Å². The van der Waals surface area contributed by atoms with Crippen LogP contribution in [0.5, 0.6) is 5.75 Å².